The Hall–Kier alpha value is -2.56. The minimum Gasteiger partial charge on any atom is -0.464 e. The maximum absolute atomic E-state index is 13.2. The summed E-state index contributed by atoms with van der Waals surface area (Å²) < 4.78 is 18.5. The number of furan rings is 1. The standard InChI is InChI=1S/C15H13FN2O2/c16-11-3-4-14-13(7-11)10(9-20-14)6-15(19)18-8-12-2-1-5-17-12/h1-5,7,9,17H,6,8H2,(H,18,19). The number of hydrogen-bond acceptors (Lipinski definition) is 2. The number of benzene rings is 1. The van der Waals surface area contributed by atoms with Crippen LogP contribution in [0.4, 0.5) is 4.39 Å². The van der Waals surface area contributed by atoms with Crippen LogP contribution in [0.1, 0.15) is 11.3 Å². The van der Waals surface area contributed by atoms with Gasteiger partial charge >= 0.3 is 0 Å². The van der Waals surface area contributed by atoms with Gasteiger partial charge in [-0.1, -0.05) is 0 Å². The number of carbonyl (C=O) groups is 1. The third kappa shape index (κ3) is 2.56. The zero-order chi connectivity index (χ0) is 13.9. The predicted molar refractivity (Wildman–Crippen MR) is 72.5 cm³/mol. The molecular formula is C15H13FN2O2. The van der Waals surface area contributed by atoms with Crippen LogP contribution in [-0.4, -0.2) is 10.9 Å². The average Bonchev–Trinajstić information content (AvgIpc) is 3.07. The number of fused-ring (bicyclic) bond motifs is 1. The smallest absolute Gasteiger partial charge is 0.224 e. The Morgan fingerprint density at radius 2 is 2.25 bits per heavy atom. The van der Waals surface area contributed by atoms with E-state index in [9.17, 15) is 9.18 Å². The third-order valence-corrected chi connectivity index (χ3v) is 3.11. The van der Waals surface area contributed by atoms with Gasteiger partial charge in [0.15, 0.2) is 0 Å². The fourth-order valence-corrected chi connectivity index (χ4v) is 2.10. The van der Waals surface area contributed by atoms with E-state index in [0.717, 1.165) is 5.69 Å². The molecule has 3 aromatic rings. The van der Waals surface area contributed by atoms with Crippen LogP contribution in [0.3, 0.4) is 0 Å². The molecule has 2 N–H and O–H groups in total. The molecule has 20 heavy (non-hydrogen) atoms. The molecule has 5 heteroatoms. The number of amides is 1. The molecule has 0 aliphatic heterocycles. The summed E-state index contributed by atoms with van der Waals surface area (Å²) in [5.74, 6) is -0.474. The summed E-state index contributed by atoms with van der Waals surface area (Å²) in [4.78, 5) is 14.9. The molecule has 0 saturated carbocycles. The zero-order valence-electron chi connectivity index (χ0n) is 10.7. The van der Waals surface area contributed by atoms with Crippen molar-refractivity contribution in [2.75, 3.05) is 0 Å². The fraction of sp³-hybridized carbons (Fsp3) is 0.133. The molecule has 0 atom stereocenters. The molecule has 0 saturated heterocycles. The molecular weight excluding hydrogens is 259 g/mol. The molecule has 0 fully saturated rings. The molecule has 0 radical (unpaired) electrons. The maximum Gasteiger partial charge on any atom is 0.224 e. The van der Waals surface area contributed by atoms with Crippen LogP contribution in [0.2, 0.25) is 0 Å². The molecule has 1 aromatic carbocycles. The van der Waals surface area contributed by atoms with Gasteiger partial charge in [-0.15, -0.1) is 0 Å². The van der Waals surface area contributed by atoms with E-state index in [-0.39, 0.29) is 18.1 Å². The molecule has 0 aliphatic rings. The van der Waals surface area contributed by atoms with Gasteiger partial charge in [0.05, 0.1) is 19.2 Å². The van der Waals surface area contributed by atoms with Crippen LogP contribution < -0.4 is 5.32 Å². The highest BCUT2D eigenvalue weighted by Crippen LogP contribution is 2.22. The van der Waals surface area contributed by atoms with Crippen molar-refractivity contribution in [3.05, 3.63) is 59.9 Å². The highest BCUT2D eigenvalue weighted by Gasteiger charge is 2.11. The third-order valence-electron chi connectivity index (χ3n) is 3.11. The summed E-state index contributed by atoms with van der Waals surface area (Å²) in [5.41, 5.74) is 2.20. The van der Waals surface area contributed by atoms with Gasteiger partial charge in [0.25, 0.3) is 0 Å². The molecule has 0 unspecified atom stereocenters. The second kappa shape index (κ2) is 5.21. The van der Waals surface area contributed by atoms with E-state index in [1.54, 1.807) is 12.3 Å². The molecule has 3 rings (SSSR count). The van der Waals surface area contributed by atoms with E-state index >= 15 is 0 Å². The number of aromatic nitrogens is 1. The number of rotatable bonds is 4. The first-order valence-electron chi connectivity index (χ1n) is 6.27. The zero-order valence-corrected chi connectivity index (χ0v) is 10.7. The second-order valence-electron chi connectivity index (χ2n) is 4.55. The molecule has 2 heterocycles. The fourth-order valence-electron chi connectivity index (χ4n) is 2.10. The molecule has 4 nitrogen and oxygen atoms in total. The quantitative estimate of drug-likeness (QED) is 0.767. The second-order valence-corrected chi connectivity index (χ2v) is 4.55. The largest absolute Gasteiger partial charge is 0.464 e. The Bertz CT molecular complexity index is 732. The minimum absolute atomic E-state index is 0.133. The number of aromatic amines is 1. The summed E-state index contributed by atoms with van der Waals surface area (Å²) in [7, 11) is 0. The number of halogens is 1. The van der Waals surface area contributed by atoms with Gasteiger partial charge in [-0.05, 0) is 30.3 Å². The van der Waals surface area contributed by atoms with E-state index in [0.29, 0.717) is 23.1 Å². The van der Waals surface area contributed by atoms with Crippen molar-refractivity contribution in [2.45, 2.75) is 13.0 Å². The van der Waals surface area contributed by atoms with Gasteiger partial charge in [-0.25, -0.2) is 4.39 Å². The minimum atomic E-state index is -0.341. The van der Waals surface area contributed by atoms with Gasteiger partial charge < -0.3 is 14.7 Å². The van der Waals surface area contributed by atoms with E-state index < -0.39 is 0 Å². The Morgan fingerprint density at radius 1 is 1.35 bits per heavy atom. The summed E-state index contributed by atoms with van der Waals surface area (Å²) in [6, 6.07) is 8.04. The summed E-state index contributed by atoms with van der Waals surface area (Å²) in [6.45, 7) is 0.440. The lowest BCUT2D eigenvalue weighted by Crippen LogP contribution is -2.24. The number of carbonyl (C=O) groups excluding carboxylic acids is 1. The summed E-state index contributed by atoms with van der Waals surface area (Å²) in [6.07, 6.45) is 3.46. The van der Waals surface area contributed by atoms with Crippen molar-refractivity contribution in [1.82, 2.24) is 10.3 Å². The summed E-state index contributed by atoms with van der Waals surface area (Å²) >= 11 is 0. The van der Waals surface area contributed by atoms with Gasteiger partial charge in [0, 0.05) is 22.8 Å². The predicted octanol–water partition coefficient (Wildman–Crippen LogP) is 2.76. The average molecular weight is 272 g/mol. The highest BCUT2D eigenvalue weighted by atomic mass is 19.1. The number of H-pyrrole nitrogens is 1. The maximum atomic E-state index is 13.2. The topological polar surface area (TPSA) is 58.0 Å². The first kappa shape index (κ1) is 12.5. The lowest BCUT2D eigenvalue weighted by Gasteiger charge is -2.03. The van der Waals surface area contributed by atoms with Crippen molar-refractivity contribution in [3.63, 3.8) is 0 Å². The Balaban J connectivity index is 1.69. The Labute approximate surface area is 114 Å². The lowest BCUT2D eigenvalue weighted by molar-refractivity contribution is -0.120. The van der Waals surface area contributed by atoms with Crippen molar-refractivity contribution >= 4 is 16.9 Å². The van der Waals surface area contributed by atoms with E-state index in [1.807, 2.05) is 12.1 Å². The van der Waals surface area contributed by atoms with Crippen molar-refractivity contribution in [3.8, 4) is 0 Å². The van der Waals surface area contributed by atoms with E-state index in [2.05, 4.69) is 10.3 Å². The lowest BCUT2D eigenvalue weighted by atomic mass is 10.1. The van der Waals surface area contributed by atoms with Gasteiger partial charge in [0.2, 0.25) is 5.91 Å². The van der Waals surface area contributed by atoms with Crippen molar-refractivity contribution in [2.24, 2.45) is 0 Å². The molecule has 2 aromatic heterocycles. The van der Waals surface area contributed by atoms with Crippen LogP contribution in [0.25, 0.3) is 11.0 Å². The first-order valence-corrected chi connectivity index (χ1v) is 6.27. The first-order chi connectivity index (χ1) is 9.72. The SMILES string of the molecule is O=C(Cc1coc2ccc(F)cc12)NCc1ccc[nH]1. The Morgan fingerprint density at radius 3 is 3.05 bits per heavy atom. The molecule has 102 valence electrons. The highest BCUT2D eigenvalue weighted by molar-refractivity contribution is 5.87. The monoisotopic (exact) mass is 272 g/mol. The van der Waals surface area contributed by atoms with Crippen LogP contribution >= 0.6 is 0 Å². The van der Waals surface area contributed by atoms with Crippen molar-refractivity contribution in [1.29, 1.82) is 0 Å². The Kier molecular flexibility index (Phi) is 3.25. The van der Waals surface area contributed by atoms with Crippen LogP contribution in [0.5, 0.6) is 0 Å². The van der Waals surface area contributed by atoms with Crippen molar-refractivity contribution < 1.29 is 13.6 Å². The molecule has 0 bridgehead atoms. The van der Waals surface area contributed by atoms with Crippen LogP contribution in [0, 0.1) is 5.82 Å². The van der Waals surface area contributed by atoms with Gasteiger partial charge in [0.1, 0.15) is 11.4 Å². The van der Waals surface area contributed by atoms with Gasteiger partial charge in [-0.3, -0.25) is 4.79 Å². The van der Waals surface area contributed by atoms with Crippen LogP contribution in [0.15, 0.2) is 47.2 Å². The number of nitrogens with one attached hydrogen (secondary N) is 2. The van der Waals surface area contributed by atoms with Gasteiger partial charge in [-0.2, -0.15) is 0 Å². The molecule has 0 spiro atoms. The van der Waals surface area contributed by atoms with E-state index in [4.69, 9.17) is 4.42 Å². The summed E-state index contributed by atoms with van der Waals surface area (Å²) in [5, 5.41) is 3.44. The van der Waals surface area contributed by atoms with Crippen LogP contribution in [-0.2, 0) is 17.8 Å². The molecule has 0 aliphatic carbocycles. The number of hydrogen-bond donors (Lipinski definition) is 2. The normalized spacial score (nSPS) is 10.8. The van der Waals surface area contributed by atoms with E-state index in [1.165, 1.54) is 18.4 Å². The molecule has 1 amide bonds.